The Balaban J connectivity index is 1.65. The van der Waals surface area contributed by atoms with Crippen molar-refractivity contribution in [1.29, 1.82) is 0 Å². The van der Waals surface area contributed by atoms with E-state index in [0.29, 0.717) is 26.1 Å². The summed E-state index contributed by atoms with van der Waals surface area (Å²) in [5.74, 6) is 0.287. The number of hydrogen-bond donors (Lipinski definition) is 0. The summed E-state index contributed by atoms with van der Waals surface area (Å²) < 4.78 is 0.927. The maximum Gasteiger partial charge on any atom is 0.254 e. The predicted molar refractivity (Wildman–Crippen MR) is 74.7 cm³/mol. The highest BCUT2D eigenvalue weighted by Crippen LogP contribution is 2.25. The molecule has 1 aromatic carbocycles. The Labute approximate surface area is 120 Å². The van der Waals surface area contributed by atoms with Gasteiger partial charge < -0.3 is 9.80 Å². The highest BCUT2D eigenvalue weighted by Gasteiger charge is 2.28. The first kappa shape index (κ1) is 12.7. The summed E-state index contributed by atoms with van der Waals surface area (Å²) >= 11 is 3.39. The Kier molecular flexibility index (Phi) is 3.31. The predicted octanol–water partition coefficient (Wildman–Crippen LogP) is 2.03. The molecule has 5 heteroatoms. The van der Waals surface area contributed by atoms with Gasteiger partial charge in [-0.1, -0.05) is 22.0 Å². The van der Waals surface area contributed by atoms with E-state index in [1.54, 1.807) is 0 Å². The molecule has 2 amide bonds. The first-order valence-electron chi connectivity index (χ1n) is 6.50. The van der Waals surface area contributed by atoms with Crippen molar-refractivity contribution in [2.75, 3.05) is 19.6 Å². The minimum Gasteiger partial charge on any atom is -0.341 e. The van der Waals surface area contributed by atoms with Crippen molar-refractivity contribution in [3.8, 4) is 0 Å². The third-order valence-electron chi connectivity index (χ3n) is 3.76. The van der Waals surface area contributed by atoms with Crippen LogP contribution in [0.4, 0.5) is 0 Å². The Hall–Kier alpha value is -1.36. The van der Waals surface area contributed by atoms with Gasteiger partial charge in [0.1, 0.15) is 0 Å². The van der Waals surface area contributed by atoms with Gasteiger partial charge in [-0.25, -0.2) is 0 Å². The number of nitrogens with zero attached hydrogens (tertiary/aromatic N) is 2. The van der Waals surface area contributed by atoms with E-state index in [1.165, 1.54) is 0 Å². The molecule has 100 valence electrons. The van der Waals surface area contributed by atoms with Gasteiger partial charge in [0.25, 0.3) is 5.91 Å². The van der Waals surface area contributed by atoms with Gasteiger partial charge in [0.2, 0.25) is 5.91 Å². The van der Waals surface area contributed by atoms with E-state index in [1.807, 2.05) is 28.0 Å². The molecule has 2 heterocycles. The van der Waals surface area contributed by atoms with Crippen molar-refractivity contribution in [2.24, 2.45) is 0 Å². The molecule has 1 saturated heterocycles. The summed E-state index contributed by atoms with van der Waals surface area (Å²) in [5.41, 5.74) is 1.85. The normalized spacial score (nSPS) is 18.4. The molecule has 0 spiro atoms. The molecule has 1 fully saturated rings. The van der Waals surface area contributed by atoms with E-state index >= 15 is 0 Å². The van der Waals surface area contributed by atoms with Crippen LogP contribution in [0.3, 0.4) is 0 Å². The van der Waals surface area contributed by atoms with Crippen molar-refractivity contribution >= 4 is 27.7 Å². The maximum atomic E-state index is 12.2. The van der Waals surface area contributed by atoms with Crippen LogP contribution in [0, 0.1) is 0 Å². The standard InChI is InChI=1S/C14H15BrN2O2/c15-11-4-3-10-9-17(14(19)12(10)8-11)7-6-16-5-1-2-13(16)18/h3-4,8H,1-2,5-7,9H2. The molecule has 1 aromatic rings. The second-order valence-corrected chi connectivity index (χ2v) is 5.93. The number of rotatable bonds is 3. The third kappa shape index (κ3) is 2.39. The smallest absolute Gasteiger partial charge is 0.254 e. The summed E-state index contributed by atoms with van der Waals surface area (Å²) in [7, 11) is 0. The number of halogens is 1. The molecular formula is C14H15BrN2O2. The number of carbonyl (C=O) groups is 2. The minimum absolute atomic E-state index is 0.0722. The van der Waals surface area contributed by atoms with Gasteiger partial charge >= 0.3 is 0 Å². The quantitative estimate of drug-likeness (QED) is 0.854. The van der Waals surface area contributed by atoms with E-state index in [2.05, 4.69) is 15.9 Å². The van der Waals surface area contributed by atoms with Crippen molar-refractivity contribution in [2.45, 2.75) is 19.4 Å². The van der Waals surface area contributed by atoms with Crippen LogP contribution in [0.25, 0.3) is 0 Å². The molecule has 0 aromatic heterocycles. The van der Waals surface area contributed by atoms with Crippen molar-refractivity contribution in [3.05, 3.63) is 33.8 Å². The number of fused-ring (bicyclic) bond motifs is 1. The zero-order valence-corrected chi connectivity index (χ0v) is 12.1. The average Bonchev–Trinajstić information content (AvgIpc) is 2.93. The molecule has 0 radical (unpaired) electrons. The summed E-state index contributed by atoms with van der Waals surface area (Å²) in [5, 5.41) is 0. The van der Waals surface area contributed by atoms with Crippen LogP contribution in [-0.2, 0) is 11.3 Å². The van der Waals surface area contributed by atoms with Gasteiger partial charge in [-0.15, -0.1) is 0 Å². The third-order valence-corrected chi connectivity index (χ3v) is 4.26. The Morgan fingerprint density at radius 3 is 2.68 bits per heavy atom. The van der Waals surface area contributed by atoms with Gasteiger partial charge in [0.05, 0.1) is 0 Å². The first-order chi connectivity index (χ1) is 9.15. The fraction of sp³-hybridized carbons (Fsp3) is 0.429. The van der Waals surface area contributed by atoms with E-state index < -0.39 is 0 Å². The van der Waals surface area contributed by atoms with Crippen molar-refractivity contribution in [3.63, 3.8) is 0 Å². The van der Waals surface area contributed by atoms with Crippen LogP contribution in [0.5, 0.6) is 0 Å². The fourth-order valence-corrected chi connectivity index (χ4v) is 3.06. The zero-order chi connectivity index (χ0) is 13.4. The summed E-state index contributed by atoms with van der Waals surface area (Å²) in [6.07, 6.45) is 1.60. The van der Waals surface area contributed by atoms with Crippen LogP contribution < -0.4 is 0 Å². The second kappa shape index (κ2) is 4.96. The molecule has 19 heavy (non-hydrogen) atoms. The van der Waals surface area contributed by atoms with Crippen LogP contribution in [-0.4, -0.2) is 41.2 Å². The Morgan fingerprint density at radius 1 is 1.16 bits per heavy atom. The van der Waals surface area contributed by atoms with Crippen LogP contribution in [0.2, 0.25) is 0 Å². The highest BCUT2D eigenvalue weighted by molar-refractivity contribution is 9.10. The van der Waals surface area contributed by atoms with Crippen molar-refractivity contribution in [1.82, 2.24) is 9.80 Å². The van der Waals surface area contributed by atoms with Gasteiger partial charge in [0.15, 0.2) is 0 Å². The number of hydrogen-bond acceptors (Lipinski definition) is 2. The van der Waals surface area contributed by atoms with Crippen LogP contribution in [0.15, 0.2) is 22.7 Å². The Morgan fingerprint density at radius 2 is 1.95 bits per heavy atom. The molecule has 0 N–H and O–H groups in total. The zero-order valence-electron chi connectivity index (χ0n) is 10.6. The maximum absolute atomic E-state index is 12.2. The molecule has 4 nitrogen and oxygen atoms in total. The topological polar surface area (TPSA) is 40.6 Å². The summed E-state index contributed by atoms with van der Waals surface area (Å²) in [6.45, 7) is 2.76. The SMILES string of the molecule is O=C1CCCN1CCN1Cc2ccc(Br)cc2C1=O. The number of amides is 2. The lowest BCUT2D eigenvalue weighted by Crippen LogP contribution is -2.35. The summed E-state index contributed by atoms with van der Waals surface area (Å²) in [6, 6.07) is 5.82. The molecule has 0 atom stereocenters. The van der Waals surface area contributed by atoms with Gasteiger partial charge in [0, 0.05) is 42.6 Å². The van der Waals surface area contributed by atoms with Gasteiger partial charge in [-0.3, -0.25) is 9.59 Å². The first-order valence-corrected chi connectivity index (χ1v) is 7.30. The molecule has 0 aliphatic carbocycles. The highest BCUT2D eigenvalue weighted by atomic mass is 79.9. The van der Waals surface area contributed by atoms with E-state index in [0.717, 1.165) is 28.6 Å². The number of likely N-dealkylation sites (tertiary alicyclic amines) is 1. The molecule has 2 aliphatic rings. The van der Waals surface area contributed by atoms with E-state index in [9.17, 15) is 9.59 Å². The van der Waals surface area contributed by atoms with Crippen molar-refractivity contribution < 1.29 is 9.59 Å². The van der Waals surface area contributed by atoms with Crippen LogP contribution >= 0.6 is 15.9 Å². The lowest BCUT2D eigenvalue weighted by Gasteiger charge is -2.21. The molecule has 3 rings (SSSR count). The number of benzene rings is 1. The monoisotopic (exact) mass is 322 g/mol. The molecule has 0 unspecified atom stereocenters. The lowest BCUT2D eigenvalue weighted by atomic mass is 10.1. The average molecular weight is 323 g/mol. The molecule has 2 aliphatic heterocycles. The van der Waals surface area contributed by atoms with E-state index in [-0.39, 0.29) is 11.8 Å². The van der Waals surface area contributed by atoms with E-state index in [4.69, 9.17) is 0 Å². The molecule has 0 saturated carbocycles. The number of carbonyl (C=O) groups excluding carboxylic acids is 2. The molecule has 0 bridgehead atoms. The van der Waals surface area contributed by atoms with Gasteiger partial charge in [-0.2, -0.15) is 0 Å². The lowest BCUT2D eigenvalue weighted by molar-refractivity contribution is -0.127. The second-order valence-electron chi connectivity index (χ2n) is 5.01. The van der Waals surface area contributed by atoms with Gasteiger partial charge in [-0.05, 0) is 24.1 Å². The fourth-order valence-electron chi connectivity index (χ4n) is 2.70. The van der Waals surface area contributed by atoms with Crippen LogP contribution in [0.1, 0.15) is 28.8 Å². The Bertz CT molecular complexity index is 544. The molecular weight excluding hydrogens is 308 g/mol. The summed E-state index contributed by atoms with van der Waals surface area (Å²) in [4.78, 5) is 27.5. The largest absolute Gasteiger partial charge is 0.341 e. The minimum atomic E-state index is 0.0722.